The highest BCUT2D eigenvalue weighted by Crippen LogP contribution is 2.22. The molecule has 4 heteroatoms. The number of rotatable bonds is 1. The molecule has 0 bridgehead atoms. The zero-order valence-corrected chi connectivity index (χ0v) is 11.0. The lowest BCUT2D eigenvalue weighted by molar-refractivity contribution is 1.12. The van der Waals surface area contributed by atoms with Crippen molar-refractivity contribution in [3.05, 3.63) is 54.4 Å². The first-order chi connectivity index (χ1) is 9.79. The predicted molar refractivity (Wildman–Crippen MR) is 79.4 cm³/mol. The highest BCUT2D eigenvalue weighted by atomic mass is 15.1. The maximum Gasteiger partial charge on any atom is 0.0909 e. The van der Waals surface area contributed by atoms with Gasteiger partial charge in [0.05, 0.1) is 34.6 Å². The van der Waals surface area contributed by atoms with Gasteiger partial charge in [-0.15, -0.1) is 0 Å². The molecule has 0 aliphatic rings. The van der Waals surface area contributed by atoms with E-state index in [1.165, 1.54) is 5.56 Å². The van der Waals surface area contributed by atoms with Gasteiger partial charge >= 0.3 is 0 Å². The summed E-state index contributed by atoms with van der Waals surface area (Å²) in [6.45, 7) is 2.08. The monoisotopic (exact) mass is 260 g/mol. The van der Waals surface area contributed by atoms with Gasteiger partial charge in [-0.3, -0.25) is 10.1 Å². The Kier molecular flexibility index (Phi) is 2.29. The molecule has 0 aliphatic heterocycles. The molecule has 2 heterocycles. The topological polar surface area (TPSA) is 54.5 Å². The van der Waals surface area contributed by atoms with Gasteiger partial charge in [0.1, 0.15) is 0 Å². The quantitative estimate of drug-likeness (QED) is 0.570. The van der Waals surface area contributed by atoms with Gasteiger partial charge in [-0.05, 0) is 25.1 Å². The molecule has 4 aromatic rings. The van der Waals surface area contributed by atoms with Crippen LogP contribution in [0.15, 0.2) is 48.8 Å². The molecule has 2 aromatic carbocycles. The Labute approximate surface area is 115 Å². The predicted octanol–water partition coefficient (Wildman–Crippen LogP) is 3.48. The summed E-state index contributed by atoms with van der Waals surface area (Å²) in [5, 5.41) is 8.03. The van der Waals surface area contributed by atoms with E-state index in [0.717, 1.165) is 33.2 Å². The number of fused-ring (bicyclic) bond motifs is 2. The van der Waals surface area contributed by atoms with Crippen LogP contribution in [0.5, 0.6) is 0 Å². The molecule has 4 rings (SSSR count). The van der Waals surface area contributed by atoms with Crippen LogP contribution >= 0.6 is 0 Å². The Hall–Kier alpha value is -2.75. The first-order valence-corrected chi connectivity index (χ1v) is 6.46. The van der Waals surface area contributed by atoms with E-state index in [4.69, 9.17) is 4.98 Å². The fourth-order valence-corrected chi connectivity index (χ4v) is 2.39. The van der Waals surface area contributed by atoms with Gasteiger partial charge in [0, 0.05) is 10.9 Å². The molecule has 0 spiro atoms. The number of aryl methyl sites for hydroxylation is 1. The summed E-state index contributed by atoms with van der Waals surface area (Å²) >= 11 is 0. The highest BCUT2D eigenvalue weighted by Gasteiger charge is 2.05. The van der Waals surface area contributed by atoms with Crippen LogP contribution in [0.2, 0.25) is 0 Å². The number of hydrogen-bond donors (Lipinski definition) is 1. The average molecular weight is 260 g/mol. The van der Waals surface area contributed by atoms with Crippen molar-refractivity contribution in [1.29, 1.82) is 0 Å². The van der Waals surface area contributed by atoms with Crippen molar-refractivity contribution in [1.82, 2.24) is 20.2 Å². The molecule has 96 valence electrons. The molecular formula is C16H12N4. The number of nitrogens with zero attached hydrogens (tertiary/aromatic N) is 3. The zero-order chi connectivity index (χ0) is 13.5. The summed E-state index contributed by atoms with van der Waals surface area (Å²) in [6, 6.07) is 12.3. The van der Waals surface area contributed by atoms with Crippen molar-refractivity contribution in [2.24, 2.45) is 0 Å². The minimum absolute atomic E-state index is 0.873. The van der Waals surface area contributed by atoms with Gasteiger partial charge in [0.15, 0.2) is 0 Å². The van der Waals surface area contributed by atoms with Crippen molar-refractivity contribution in [2.45, 2.75) is 6.92 Å². The molecule has 0 radical (unpaired) electrons. The summed E-state index contributed by atoms with van der Waals surface area (Å²) in [7, 11) is 0. The van der Waals surface area contributed by atoms with E-state index < -0.39 is 0 Å². The minimum Gasteiger partial charge on any atom is -0.278 e. The van der Waals surface area contributed by atoms with Crippen LogP contribution in [-0.4, -0.2) is 20.2 Å². The van der Waals surface area contributed by atoms with Crippen LogP contribution in [0.3, 0.4) is 0 Å². The molecule has 0 atom stereocenters. The largest absolute Gasteiger partial charge is 0.278 e. The maximum absolute atomic E-state index is 4.71. The second-order valence-electron chi connectivity index (χ2n) is 4.92. The maximum atomic E-state index is 4.71. The second kappa shape index (κ2) is 4.13. The van der Waals surface area contributed by atoms with Gasteiger partial charge in [-0.2, -0.15) is 5.10 Å². The van der Waals surface area contributed by atoms with Crippen molar-refractivity contribution in [2.75, 3.05) is 0 Å². The molecular weight excluding hydrogens is 248 g/mol. The summed E-state index contributed by atoms with van der Waals surface area (Å²) in [5.41, 5.74) is 5.94. The molecule has 4 nitrogen and oxygen atoms in total. The molecule has 0 saturated carbocycles. The van der Waals surface area contributed by atoms with E-state index in [2.05, 4.69) is 40.3 Å². The lowest BCUT2D eigenvalue weighted by Gasteiger charge is -2.04. The molecule has 2 aromatic heterocycles. The zero-order valence-electron chi connectivity index (χ0n) is 11.0. The molecule has 20 heavy (non-hydrogen) atoms. The van der Waals surface area contributed by atoms with Crippen LogP contribution < -0.4 is 0 Å². The van der Waals surface area contributed by atoms with Gasteiger partial charge in [0.2, 0.25) is 0 Å². The Morgan fingerprint density at radius 3 is 2.85 bits per heavy atom. The van der Waals surface area contributed by atoms with Gasteiger partial charge in [0.25, 0.3) is 0 Å². The number of benzene rings is 2. The number of hydrogen-bond acceptors (Lipinski definition) is 3. The summed E-state index contributed by atoms with van der Waals surface area (Å²) in [6.07, 6.45) is 3.62. The molecule has 0 amide bonds. The van der Waals surface area contributed by atoms with E-state index in [1.807, 2.05) is 24.4 Å². The Morgan fingerprint density at radius 1 is 1.00 bits per heavy atom. The van der Waals surface area contributed by atoms with Gasteiger partial charge in [-0.25, -0.2) is 4.98 Å². The number of nitrogens with one attached hydrogen (secondary N) is 1. The smallest absolute Gasteiger partial charge is 0.0909 e. The third kappa shape index (κ3) is 1.73. The van der Waals surface area contributed by atoms with Crippen LogP contribution in [0.25, 0.3) is 33.2 Å². The Morgan fingerprint density at radius 2 is 1.95 bits per heavy atom. The normalized spacial score (nSPS) is 11.2. The van der Waals surface area contributed by atoms with E-state index in [9.17, 15) is 0 Å². The first kappa shape index (κ1) is 11.1. The average Bonchev–Trinajstić information content (AvgIpc) is 2.91. The van der Waals surface area contributed by atoms with Crippen molar-refractivity contribution in [3.63, 3.8) is 0 Å². The van der Waals surface area contributed by atoms with Crippen LogP contribution in [-0.2, 0) is 0 Å². The highest BCUT2D eigenvalue weighted by molar-refractivity contribution is 5.92. The summed E-state index contributed by atoms with van der Waals surface area (Å²) in [4.78, 5) is 9.22. The Bertz CT molecular complexity index is 924. The SMILES string of the molecule is Cc1cccc(-c2cnc3cc4[nH]ncc4cc3n2)c1. The number of H-pyrrole nitrogens is 1. The van der Waals surface area contributed by atoms with E-state index in [1.54, 1.807) is 6.20 Å². The minimum atomic E-state index is 0.873. The standard InChI is InChI=1S/C16H12N4/c1-10-3-2-4-11(5-10)16-9-17-14-7-13-12(8-18-20-13)6-15(14)19-16/h2-9H,1H3,(H,18,20). The Balaban J connectivity index is 1.95. The first-order valence-electron chi connectivity index (χ1n) is 6.46. The van der Waals surface area contributed by atoms with Gasteiger partial charge < -0.3 is 0 Å². The van der Waals surface area contributed by atoms with Crippen molar-refractivity contribution in [3.8, 4) is 11.3 Å². The van der Waals surface area contributed by atoms with Gasteiger partial charge in [-0.1, -0.05) is 23.8 Å². The number of aromatic amines is 1. The summed E-state index contributed by atoms with van der Waals surface area (Å²) in [5.74, 6) is 0. The lowest BCUT2D eigenvalue weighted by atomic mass is 10.1. The number of aromatic nitrogens is 4. The molecule has 0 unspecified atom stereocenters. The molecule has 1 N–H and O–H groups in total. The van der Waals surface area contributed by atoms with E-state index >= 15 is 0 Å². The van der Waals surface area contributed by atoms with Crippen LogP contribution in [0.1, 0.15) is 5.56 Å². The van der Waals surface area contributed by atoms with Crippen LogP contribution in [0, 0.1) is 6.92 Å². The van der Waals surface area contributed by atoms with Crippen molar-refractivity contribution >= 4 is 21.9 Å². The lowest BCUT2D eigenvalue weighted by Crippen LogP contribution is -1.89. The fraction of sp³-hybridized carbons (Fsp3) is 0.0625. The molecule has 0 saturated heterocycles. The third-order valence-electron chi connectivity index (χ3n) is 3.42. The molecule has 0 fully saturated rings. The van der Waals surface area contributed by atoms with E-state index in [0.29, 0.717) is 0 Å². The van der Waals surface area contributed by atoms with E-state index in [-0.39, 0.29) is 0 Å². The van der Waals surface area contributed by atoms with Crippen LogP contribution in [0.4, 0.5) is 0 Å². The fourth-order valence-electron chi connectivity index (χ4n) is 2.39. The third-order valence-corrected chi connectivity index (χ3v) is 3.42. The summed E-state index contributed by atoms with van der Waals surface area (Å²) < 4.78 is 0. The van der Waals surface area contributed by atoms with Crippen molar-refractivity contribution < 1.29 is 0 Å². The molecule has 0 aliphatic carbocycles. The second-order valence-corrected chi connectivity index (χ2v) is 4.92.